The Hall–Kier alpha value is -1.94. The van der Waals surface area contributed by atoms with E-state index < -0.39 is 6.10 Å². The molecule has 2 aromatic rings. The number of esters is 1. The summed E-state index contributed by atoms with van der Waals surface area (Å²) >= 11 is 0. The number of carbonyl (C=O) groups excluding carboxylic acids is 1. The van der Waals surface area contributed by atoms with Gasteiger partial charge in [-0.1, -0.05) is 12.1 Å². The van der Waals surface area contributed by atoms with E-state index in [1.54, 1.807) is 6.20 Å². The Balaban J connectivity index is 2.12. The summed E-state index contributed by atoms with van der Waals surface area (Å²) in [5, 5.41) is 11.0. The second-order valence-corrected chi connectivity index (χ2v) is 4.09. The molecule has 1 aromatic heterocycles. The van der Waals surface area contributed by atoms with Crippen molar-refractivity contribution in [1.29, 1.82) is 0 Å². The normalized spacial score (nSPS) is 12.3. The number of ether oxygens (including phenoxy) is 1. The van der Waals surface area contributed by atoms with Crippen LogP contribution in [0.3, 0.4) is 0 Å². The number of aliphatic hydroxyl groups is 1. The second-order valence-electron chi connectivity index (χ2n) is 4.09. The van der Waals surface area contributed by atoms with Crippen molar-refractivity contribution >= 4 is 16.9 Å². The third-order valence-corrected chi connectivity index (χ3v) is 2.86. The molecule has 18 heavy (non-hydrogen) atoms. The first-order chi connectivity index (χ1) is 8.70. The van der Waals surface area contributed by atoms with Gasteiger partial charge in [-0.15, -0.1) is 0 Å². The first kappa shape index (κ1) is 12.5. The number of benzene rings is 1. The molecule has 1 heterocycles. The van der Waals surface area contributed by atoms with Crippen LogP contribution in [-0.4, -0.2) is 23.2 Å². The molecule has 0 aliphatic carbocycles. The highest BCUT2D eigenvalue weighted by atomic mass is 16.5. The number of rotatable bonds is 4. The lowest BCUT2D eigenvalue weighted by molar-refractivity contribution is -0.141. The molecule has 2 rings (SSSR count). The Morgan fingerprint density at radius 1 is 1.44 bits per heavy atom. The molecule has 1 unspecified atom stereocenters. The summed E-state index contributed by atoms with van der Waals surface area (Å²) in [5.74, 6) is -0.309. The van der Waals surface area contributed by atoms with Crippen molar-refractivity contribution in [3.8, 4) is 0 Å². The number of carbonyl (C=O) groups is 1. The number of methoxy groups -OCH3 is 1. The molecule has 0 fully saturated rings. The van der Waals surface area contributed by atoms with E-state index in [-0.39, 0.29) is 12.4 Å². The van der Waals surface area contributed by atoms with Crippen LogP contribution in [0.15, 0.2) is 36.5 Å². The lowest BCUT2D eigenvalue weighted by atomic mass is 10.0. The first-order valence-corrected chi connectivity index (χ1v) is 5.80. The third kappa shape index (κ3) is 2.84. The van der Waals surface area contributed by atoms with Gasteiger partial charge in [-0.25, -0.2) is 0 Å². The average molecular weight is 245 g/mol. The number of hydrogen-bond acceptors (Lipinski definition) is 4. The van der Waals surface area contributed by atoms with E-state index >= 15 is 0 Å². The minimum atomic E-state index is -0.659. The Morgan fingerprint density at radius 3 is 3.06 bits per heavy atom. The van der Waals surface area contributed by atoms with Crippen LogP contribution >= 0.6 is 0 Å². The first-order valence-electron chi connectivity index (χ1n) is 5.80. The summed E-state index contributed by atoms with van der Waals surface area (Å²) in [6.45, 7) is 0. The molecule has 1 N–H and O–H groups in total. The predicted molar refractivity (Wildman–Crippen MR) is 68.0 cm³/mol. The van der Waals surface area contributed by atoms with Gasteiger partial charge in [-0.05, 0) is 30.2 Å². The van der Waals surface area contributed by atoms with Crippen LogP contribution in [0.1, 0.15) is 24.5 Å². The van der Waals surface area contributed by atoms with Crippen molar-refractivity contribution in [1.82, 2.24) is 4.98 Å². The minimum absolute atomic E-state index is 0.211. The van der Waals surface area contributed by atoms with E-state index in [2.05, 4.69) is 9.72 Å². The lowest BCUT2D eigenvalue weighted by Crippen LogP contribution is -2.04. The van der Waals surface area contributed by atoms with Gasteiger partial charge in [0.1, 0.15) is 0 Å². The molecule has 0 radical (unpaired) electrons. The SMILES string of the molecule is COC(=O)CCC(O)c1ccc2ncccc2c1. The zero-order valence-electron chi connectivity index (χ0n) is 10.2. The molecule has 0 bridgehead atoms. The van der Waals surface area contributed by atoms with Crippen LogP contribution in [0.5, 0.6) is 0 Å². The van der Waals surface area contributed by atoms with E-state index in [1.165, 1.54) is 7.11 Å². The molecule has 1 atom stereocenters. The molecule has 94 valence electrons. The molecule has 1 aromatic carbocycles. The van der Waals surface area contributed by atoms with E-state index in [9.17, 15) is 9.90 Å². The molecule has 0 spiro atoms. The third-order valence-electron chi connectivity index (χ3n) is 2.86. The van der Waals surface area contributed by atoms with Crippen LogP contribution in [0, 0.1) is 0 Å². The molecule has 0 aliphatic heterocycles. The zero-order valence-corrected chi connectivity index (χ0v) is 10.2. The fourth-order valence-electron chi connectivity index (χ4n) is 1.82. The smallest absolute Gasteiger partial charge is 0.305 e. The standard InChI is InChI=1S/C14H15NO3/c1-18-14(17)7-6-13(16)11-4-5-12-10(9-11)3-2-8-15-12/h2-5,8-9,13,16H,6-7H2,1H3. The molecule has 4 heteroatoms. The topological polar surface area (TPSA) is 59.4 Å². The summed E-state index contributed by atoms with van der Waals surface area (Å²) in [4.78, 5) is 15.2. The summed E-state index contributed by atoms with van der Waals surface area (Å²) in [5.41, 5.74) is 1.68. The van der Waals surface area contributed by atoms with Crippen LogP contribution in [0.2, 0.25) is 0 Å². The molecule has 4 nitrogen and oxygen atoms in total. The highest BCUT2D eigenvalue weighted by Crippen LogP contribution is 2.22. The van der Waals surface area contributed by atoms with Gasteiger partial charge < -0.3 is 9.84 Å². The van der Waals surface area contributed by atoms with Gasteiger partial charge in [0, 0.05) is 18.0 Å². The van der Waals surface area contributed by atoms with Crippen molar-refractivity contribution < 1.29 is 14.6 Å². The van der Waals surface area contributed by atoms with Crippen molar-refractivity contribution in [3.63, 3.8) is 0 Å². The molecule has 0 amide bonds. The van der Waals surface area contributed by atoms with Crippen LogP contribution in [-0.2, 0) is 9.53 Å². The van der Waals surface area contributed by atoms with E-state index in [1.807, 2.05) is 30.3 Å². The van der Waals surface area contributed by atoms with E-state index in [0.29, 0.717) is 6.42 Å². The number of pyridine rings is 1. The van der Waals surface area contributed by atoms with Gasteiger partial charge >= 0.3 is 5.97 Å². The largest absolute Gasteiger partial charge is 0.469 e. The molecule has 0 saturated heterocycles. The fraction of sp³-hybridized carbons (Fsp3) is 0.286. The number of hydrogen-bond donors (Lipinski definition) is 1. The molecule has 0 aliphatic rings. The van der Waals surface area contributed by atoms with Crippen LogP contribution in [0.25, 0.3) is 10.9 Å². The van der Waals surface area contributed by atoms with Crippen molar-refractivity contribution in [2.75, 3.05) is 7.11 Å². The summed E-state index contributed by atoms with van der Waals surface area (Å²) in [6.07, 6.45) is 1.64. The van der Waals surface area contributed by atoms with Crippen molar-refractivity contribution in [2.45, 2.75) is 18.9 Å². The second kappa shape index (κ2) is 5.60. The number of nitrogens with zero attached hydrogens (tertiary/aromatic N) is 1. The van der Waals surface area contributed by atoms with Crippen molar-refractivity contribution in [3.05, 3.63) is 42.1 Å². The van der Waals surface area contributed by atoms with Gasteiger partial charge in [0.25, 0.3) is 0 Å². The monoisotopic (exact) mass is 245 g/mol. The van der Waals surface area contributed by atoms with Crippen LogP contribution in [0.4, 0.5) is 0 Å². The highest BCUT2D eigenvalue weighted by Gasteiger charge is 2.11. The minimum Gasteiger partial charge on any atom is -0.469 e. The van der Waals surface area contributed by atoms with Gasteiger partial charge in [0.05, 0.1) is 18.7 Å². The van der Waals surface area contributed by atoms with Gasteiger partial charge in [-0.2, -0.15) is 0 Å². The quantitative estimate of drug-likeness (QED) is 0.839. The Bertz CT molecular complexity index is 553. The van der Waals surface area contributed by atoms with Gasteiger partial charge in [-0.3, -0.25) is 9.78 Å². The summed E-state index contributed by atoms with van der Waals surface area (Å²) in [6, 6.07) is 9.39. The molecule has 0 saturated carbocycles. The number of fused-ring (bicyclic) bond motifs is 1. The maximum absolute atomic E-state index is 11.0. The Morgan fingerprint density at radius 2 is 2.28 bits per heavy atom. The van der Waals surface area contributed by atoms with E-state index in [0.717, 1.165) is 16.5 Å². The summed E-state index contributed by atoms with van der Waals surface area (Å²) in [7, 11) is 1.34. The maximum atomic E-state index is 11.0. The van der Waals surface area contributed by atoms with Crippen molar-refractivity contribution in [2.24, 2.45) is 0 Å². The zero-order chi connectivity index (χ0) is 13.0. The predicted octanol–water partition coefficient (Wildman–Crippen LogP) is 2.22. The fourth-order valence-corrected chi connectivity index (χ4v) is 1.82. The van der Waals surface area contributed by atoms with Gasteiger partial charge in [0.2, 0.25) is 0 Å². The molecular weight excluding hydrogens is 230 g/mol. The number of aromatic nitrogens is 1. The maximum Gasteiger partial charge on any atom is 0.305 e. The average Bonchev–Trinajstić information content (AvgIpc) is 2.43. The number of aliphatic hydroxyl groups excluding tert-OH is 1. The lowest BCUT2D eigenvalue weighted by Gasteiger charge is -2.10. The summed E-state index contributed by atoms with van der Waals surface area (Å²) < 4.78 is 4.55. The van der Waals surface area contributed by atoms with Gasteiger partial charge in [0.15, 0.2) is 0 Å². The highest BCUT2D eigenvalue weighted by molar-refractivity contribution is 5.79. The Kier molecular flexibility index (Phi) is 3.89. The molecular formula is C14H15NO3. The van der Waals surface area contributed by atoms with E-state index in [4.69, 9.17) is 0 Å². The Labute approximate surface area is 105 Å². The van der Waals surface area contributed by atoms with Crippen LogP contribution < -0.4 is 0 Å².